The molecule has 126 valence electrons. The molecule has 1 saturated carbocycles. The van der Waals surface area contributed by atoms with E-state index in [4.69, 9.17) is 18.9 Å². The molecule has 0 aromatic rings. The van der Waals surface area contributed by atoms with Crippen molar-refractivity contribution in [3.05, 3.63) is 12.2 Å². The Hall–Kier alpha value is -1.40. The summed E-state index contributed by atoms with van der Waals surface area (Å²) in [5.74, 6) is -1.18. The zero-order valence-corrected chi connectivity index (χ0v) is 13.7. The van der Waals surface area contributed by atoms with Gasteiger partial charge in [-0.1, -0.05) is 6.58 Å². The molecule has 4 aliphatic rings. The number of esters is 2. The molecule has 0 spiro atoms. The summed E-state index contributed by atoms with van der Waals surface area (Å²) in [6.45, 7) is 9.31. The molecule has 4 fully saturated rings. The Bertz CT molecular complexity index is 600. The van der Waals surface area contributed by atoms with Crippen molar-refractivity contribution in [2.75, 3.05) is 0 Å². The lowest BCUT2D eigenvalue weighted by Crippen LogP contribution is -2.40. The fourth-order valence-corrected chi connectivity index (χ4v) is 4.27. The molecule has 0 bridgehead atoms. The normalized spacial score (nSPS) is 51.0. The number of ether oxygens (including phenoxy) is 4. The van der Waals surface area contributed by atoms with Crippen molar-refractivity contribution in [1.82, 2.24) is 0 Å². The van der Waals surface area contributed by atoms with Gasteiger partial charge in [0.05, 0.1) is 23.2 Å². The maximum Gasteiger partial charge on any atom is 0.334 e. The van der Waals surface area contributed by atoms with Crippen molar-refractivity contribution in [3.8, 4) is 0 Å². The standard InChI is InChI=1S/C17H22O6/c1-8-12-10(20-9(2)18)7-17(4)11(22-17)5-6-16(3)14(23-16)13(12)21-15(8)19/h10-14H,1,5-7H2,2-4H3/t10?,11-,12-,13+,14+,16-,17+/m1/s1. The first-order chi connectivity index (χ1) is 10.7. The molecule has 1 aliphatic carbocycles. The van der Waals surface area contributed by atoms with Gasteiger partial charge in [-0.2, -0.15) is 0 Å². The molecular formula is C17H22O6. The lowest BCUT2D eigenvalue weighted by Gasteiger charge is -2.28. The summed E-state index contributed by atoms with van der Waals surface area (Å²) >= 11 is 0. The summed E-state index contributed by atoms with van der Waals surface area (Å²) in [5, 5.41) is 0. The molecule has 0 aromatic carbocycles. The zero-order valence-electron chi connectivity index (χ0n) is 13.7. The van der Waals surface area contributed by atoms with E-state index >= 15 is 0 Å². The number of hydrogen-bond donors (Lipinski definition) is 0. The minimum atomic E-state index is -0.488. The largest absolute Gasteiger partial charge is 0.462 e. The molecule has 0 aromatic heterocycles. The number of carbonyl (C=O) groups excluding carboxylic acids is 2. The first-order valence-electron chi connectivity index (χ1n) is 8.16. The van der Waals surface area contributed by atoms with E-state index in [0.717, 1.165) is 12.8 Å². The van der Waals surface area contributed by atoms with Crippen LogP contribution >= 0.6 is 0 Å². The summed E-state index contributed by atoms with van der Waals surface area (Å²) in [6.07, 6.45) is 1.34. The predicted octanol–water partition coefficient (Wildman–Crippen LogP) is 1.51. The van der Waals surface area contributed by atoms with Gasteiger partial charge in [-0.15, -0.1) is 0 Å². The molecule has 0 amide bonds. The van der Waals surface area contributed by atoms with Crippen LogP contribution in [0, 0.1) is 5.92 Å². The lowest BCUT2D eigenvalue weighted by molar-refractivity contribution is -0.151. The Morgan fingerprint density at radius 2 is 2.04 bits per heavy atom. The molecule has 1 unspecified atom stereocenters. The second-order valence-electron chi connectivity index (χ2n) is 7.58. The highest BCUT2D eigenvalue weighted by Crippen LogP contribution is 2.54. The average Bonchev–Trinajstić information content (AvgIpc) is 3.27. The van der Waals surface area contributed by atoms with E-state index in [1.54, 1.807) is 0 Å². The fourth-order valence-electron chi connectivity index (χ4n) is 4.27. The molecule has 6 nitrogen and oxygen atoms in total. The van der Waals surface area contributed by atoms with Crippen LogP contribution in [0.1, 0.15) is 40.0 Å². The van der Waals surface area contributed by atoms with Gasteiger partial charge >= 0.3 is 11.9 Å². The van der Waals surface area contributed by atoms with Gasteiger partial charge in [-0.05, 0) is 26.7 Å². The predicted molar refractivity (Wildman–Crippen MR) is 78.5 cm³/mol. The first-order valence-corrected chi connectivity index (χ1v) is 8.16. The van der Waals surface area contributed by atoms with Gasteiger partial charge in [0.2, 0.25) is 0 Å². The Morgan fingerprint density at radius 1 is 1.30 bits per heavy atom. The summed E-state index contributed by atoms with van der Waals surface area (Å²) in [7, 11) is 0. The molecule has 3 saturated heterocycles. The highest BCUT2D eigenvalue weighted by molar-refractivity contribution is 5.91. The van der Waals surface area contributed by atoms with Crippen molar-refractivity contribution in [3.63, 3.8) is 0 Å². The number of epoxide rings is 2. The van der Waals surface area contributed by atoms with Gasteiger partial charge in [0, 0.05) is 18.9 Å². The summed E-state index contributed by atoms with van der Waals surface area (Å²) in [4.78, 5) is 23.6. The third-order valence-electron chi connectivity index (χ3n) is 5.76. The first kappa shape index (κ1) is 15.1. The minimum absolute atomic E-state index is 0.144. The van der Waals surface area contributed by atoms with Crippen LogP contribution in [0.2, 0.25) is 0 Å². The molecule has 6 heteroatoms. The number of carbonyl (C=O) groups is 2. The lowest BCUT2D eigenvalue weighted by atomic mass is 9.79. The van der Waals surface area contributed by atoms with E-state index in [9.17, 15) is 9.59 Å². The summed E-state index contributed by atoms with van der Waals surface area (Å²) < 4.78 is 22.8. The van der Waals surface area contributed by atoms with Gasteiger partial charge in [0.1, 0.15) is 18.3 Å². The maximum absolute atomic E-state index is 12.1. The Morgan fingerprint density at radius 3 is 2.74 bits per heavy atom. The van der Waals surface area contributed by atoms with Gasteiger partial charge in [-0.3, -0.25) is 4.79 Å². The van der Waals surface area contributed by atoms with Crippen molar-refractivity contribution < 1.29 is 28.5 Å². The van der Waals surface area contributed by atoms with E-state index in [-0.39, 0.29) is 35.3 Å². The third kappa shape index (κ3) is 2.31. The smallest absolute Gasteiger partial charge is 0.334 e. The highest BCUT2D eigenvalue weighted by Gasteiger charge is 2.66. The van der Waals surface area contributed by atoms with Crippen LogP contribution in [-0.2, 0) is 28.5 Å². The number of rotatable bonds is 1. The topological polar surface area (TPSA) is 77.7 Å². The van der Waals surface area contributed by atoms with Gasteiger partial charge < -0.3 is 18.9 Å². The molecule has 4 rings (SSSR count). The van der Waals surface area contributed by atoms with Crippen LogP contribution in [-0.4, -0.2) is 47.6 Å². The molecule has 23 heavy (non-hydrogen) atoms. The number of hydrogen-bond acceptors (Lipinski definition) is 6. The maximum atomic E-state index is 12.1. The van der Waals surface area contributed by atoms with E-state index < -0.39 is 18.2 Å². The molecule has 0 radical (unpaired) electrons. The minimum Gasteiger partial charge on any atom is -0.462 e. The Kier molecular flexibility index (Phi) is 3.01. The van der Waals surface area contributed by atoms with Crippen LogP contribution in [0.15, 0.2) is 12.2 Å². The monoisotopic (exact) mass is 322 g/mol. The zero-order chi connectivity index (χ0) is 16.6. The number of fused-ring (bicyclic) bond motifs is 4. The highest BCUT2D eigenvalue weighted by atomic mass is 16.7. The van der Waals surface area contributed by atoms with Crippen LogP contribution in [0.3, 0.4) is 0 Å². The third-order valence-corrected chi connectivity index (χ3v) is 5.76. The molecular weight excluding hydrogens is 300 g/mol. The Labute approximate surface area is 135 Å². The van der Waals surface area contributed by atoms with Crippen LogP contribution in [0.4, 0.5) is 0 Å². The van der Waals surface area contributed by atoms with Gasteiger partial charge in [0.15, 0.2) is 0 Å². The second kappa shape index (κ2) is 4.57. The Balaban J connectivity index is 1.69. The van der Waals surface area contributed by atoms with Crippen LogP contribution < -0.4 is 0 Å². The van der Waals surface area contributed by atoms with Crippen molar-refractivity contribution in [2.24, 2.45) is 5.92 Å². The summed E-state index contributed by atoms with van der Waals surface area (Å²) in [6, 6.07) is 0. The van der Waals surface area contributed by atoms with Gasteiger partial charge in [0.25, 0.3) is 0 Å². The molecule has 0 N–H and O–H groups in total. The second-order valence-corrected chi connectivity index (χ2v) is 7.58. The SMILES string of the molecule is C=C1C(=O)O[C@H]2[C@H]1C(OC(C)=O)C[C@]1(C)O[C@@H]1CC[C@@]1(C)O[C@@H]21. The molecule has 3 aliphatic heterocycles. The fraction of sp³-hybridized carbons (Fsp3) is 0.765. The van der Waals surface area contributed by atoms with Crippen LogP contribution in [0.5, 0.6) is 0 Å². The van der Waals surface area contributed by atoms with E-state index in [0.29, 0.717) is 12.0 Å². The van der Waals surface area contributed by atoms with Crippen molar-refractivity contribution in [1.29, 1.82) is 0 Å². The van der Waals surface area contributed by atoms with E-state index in [1.165, 1.54) is 6.92 Å². The van der Waals surface area contributed by atoms with E-state index in [2.05, 4.69) is 6.58 Å². The quantitative estimate of drug-likeness (QED) is 0.414. The van der Waals surface area contributed by atoms with Crippen LogP contribution in [0.25, 0.3) is 0 Å². The summed E-state index contributed by atoms with van der Waals surface area (Å²) in [5.41, 5.74) is -0.270. The van der Waals surface area contributed by atoms with E-state index in [1.807, 2.05) is 13.8 Å². The van der Waals surface area contributed by atoms with Gasteiger partial charge in [-0.25, -0.2) is 4.79 Å². The molecule has 7 atom stereocenters. The average molecular weight is 322 g/mol. The van der Waals surface area contributed by atoms with Crippen molar-refractivity contribution in [2.45, 2.75) is 75.7 Å². The van der Waals surface area contributed by atoms with Crippen molar-refractivity contribution >= 4 is 11.9 Å². The molecule has 3 heterocycles.